The monoisotopic (exact) mass is 243 g/mol. The van der Waals surface area contributed by atoms with E-state index in [-0.39, 0.29) is 11.3 Å². The topological polar surface area (TPSA) is 65.5 Å². The van der Waals surface area contributed by atoms with Gasteiger partial charge in [0.15, 0.2) is 0 Å². The third-order valence-electron chi connectivity index (χ3n) is 2.42. The number of para-hydroxylation sites is 2. The summed E-state index contributed by atoms with van der Waals surface area (Å²) in [5, 5.41) is 12.3. The summed E-state index contributed by atoms with van der Waals surface area (Å²) < 4.78 is 5.05. The van der Waals surface area contributed by atoms with E-state index in [9.17, 15) is 10.0 Å². The molecular weight excluding hydrogens is 232 g/mol. The van der Waals surface area contributed by atoms with Crippen molar-refractivity contribution in [1.29, 1.82) is 0 Å². The lowest BCUT2D eigenvalue weighted by Crippen LogP contribution is -2.24. The lowest BCUT2D eigenvalue weighted by molar-refractivity contribution is 0.0997. The minimum atomic E-state index is -0.651. The van der Waals surface area contributed by atoms with Crippen LogP contribution < -0.4 is 9.80 Å². The highest BCUT2D eigenvalue weighted by Gasteiger charge is 2.12. The lowest BCUT2D eigenvalue weighted by atomic mass is 10.2. The molecule has 0 saturated carbocycles. The number of amides is 1. The Morgan fingerprint density at radius 1 is 1.22 bits per heavy atom. The largest absolute Gasteiger partial charge is 0.751 e. The van der Waals surface area contributed by atoms with E-state index >= 15 is 0 Å². The molecule has 0 radical (unpaired) electrons. The summed E-state index contributed by atoms with van der Waals surface area (Å²) in [7, 11) is 1.45. The smallest absolute Gasteiger partial charge is 0.247 e. The maximum atomic E-state index is 12.0. The number of aromatic nitrogens is 1. The quantitative estimate of drug-likeness (QED) is 0.775. The molecule has 1 aromatic carbocycles. The first kappa shape index (κ1) is 12.1. The van der Waals surface area contributed by atoms with Crippen LogP contribution in [-0.2, 0) is 0 Å². The molecule has 0 unspecified atom stereocenters. The second kappa shape index (κ2) is 5.29. The zero-order chi connectivity index (χ0) is 13.0. The first-order chi connectivity index (χ1) is 8.74. The number of anilines is 1. The number of methoxy groups -OCH3 is 1. The molecule has 0 aliphatic rings. The number of benzene rings is 1. The van der Waals surface area contributed by atoms with E-state index in [1.165, 1.54) is 37.7 Å². The molecule has 5 nitrogen and oxygen atoms in total. The fourth-order valence-electron chi connectivity index (χ4n) is 1.52. The van der Waals surface area contributed by atoms with Gasteiger partial charge in [-0.15, -0.1) is 0 Å². The number of nitrogens with zero attached hydrogens (tertiary/aromatic N) is 2. The van der Waals surface area contributed by atoms with E-state index in [4.69, 9.17) is 4.74 Å². The van der Waals surface area contributed by atoms with Crippen LogP contribution in [0, 0.1) is 5.21 Å². The Balaban J connectivity index is 2.31. The minimum absolute atomic E-state index is 0.182. The second-order valence-electron chi connectivity index (χ2n) is 3.51. The number of pyridine rings is 1. The van der Waals surface area contributed by atoms with Gasteiger partial charge in [0.05, 0.1) is 12.8 Å². The van der Waals surface area contributed by atoms with Gasteiger partial charge < -0.3 is 15.0 Å². The first-order valence-electron chi connectivity index (χ1n) is 5.28. The average Bonchev–Trinajstić information content (AvgIpc) is 2.46. The zero-order valence-corrected chi connectivity index (χ0v) is 9.74. The molecule has 1 heterocycles. The molecule has 5 heteroatoms. The highest BCUT2D eigenvalue weighted by atomic mass is 16.5. The molecular formula is C13H11N2O3-. The third-order valence-corrected chi connectivity index (χ3v) is 2.42. The van der Waals surface area contributed by atoms with Gasteiger partial charge in [-0.25, -0.2) is 0 Å². The first-order valence-corrected chi connectivity index (χ1v) is 5.28. The van der Waals surface area contributed by atoms with Gasteiger partial charge in [0, 0.05) is 18.0 Å². The van der Waals surface area contributed by atoms with Crippen molar-refractivity contribution in [1.82, 2.24) is 4.98 Å². The Hall–Kier alpha value is -2.40. The van der Waals surface area contributed by atoms with Crippen molar-refractivity contribution in [3.8, 4) is 5.75 Å². The normalized spacial score (nSPS) is 9.89. The van der Waals surface area contributed by atoms with E-state index < -0.39 is 5.91 Å². The van der Waals surface area contributed by atoms with Gasteiger partial charge >= 0.3 is 0 Å². The van der Waals surface area contributed by atoms with Crippen molar-refractivity contribution in [3.05, 3.63) is 59.6 Å². The Kier molecular flexibility index (Phi) is 3.54. The van der Waals surface area contributed by atoms with Gasteiger partial charge in [-0.05, 0) is 24.3 Å². The van der Waals surface area contributed by atoms with Gasteiger partial charge in [-0.3, -0.25) is 9.78 Å². The summed E-state index contributed by atoms with van der Waals surface area (Å²) in [4.78, 5) is 15.7. The van der Waals surface area contributed by atoms with Crippen LogP contribution in [0.1, 0.15) is 10.4 Å². The van der Waals surface area contributed by atoms with Crippen molar-refractivity contribution in [2.75, 3.05) is 12.2 Å². The molecule has 2 aromatic rings. The molecule has 0 fully saturated rings. The van der Waals surface area contributed by atoms with Crippen molar-refractivity contribution in [2.45, 2.75) is 0 Å². The average molecular weight is 243 g/mol. The zero-order valence-electron chi connectivity index (χ0n) is 9.74. The summed E-state index contributed by atoms with van der Waals surface area (Å²) in [6.07, 6.45) is 2.92. The number of hydroxylamine groups is 1. The number of hydrogen-bond donors (Lipinski definition) is 0. The predicted molar refractivity (Wildman–Crippen MR) is 67.4 cm³/mol. The summed E-state index contributed by atoms with van der Waals surface area (Å²) >= 11 is 0. The molecule has 0 atom stereocenters. The van der Waals surface area contributed by atoms with Crippen LogP contribution in [0.2, 0.25) is 0 Å². The highest BCUT2D eigenvalue weighted by molar-refractivity contribution is 6.07. The van der Waals surface area contributed by atoms with Crippen molar-refractivity contribution >= 4 is 11.6 Å². The number of rotatable bonds is 3. The fraction of sp³-hybridized carbons (Fsp3) is 0.0769. The summed E-state index contributed by atoms with van der Waals surface area (Å²) in [5.74, 6) is -0.295. The van der Waals surface area contributed by atoms with Gasteiger partial charge in [0.25, 0.3) is 0 Å². The Morgan fingerprint density at radius 2 is 1.89 bits per heavy atom. The number of carbonyl (C=O) groups excluding carboxylic acids is 1. The Morgan fingerprint density at radius 3 is 2.56 bits per heavy atom. The standard InChI is InChI=1S/C13H11N2O3/c1-18-12-5-3-2-4-11(12)15(17)13(16)10-6-8-14-9-7-10/h2-9H,1H3/q-1. The van der Waals surface area contributed by atoms with Crippen LogP contribution in [0.25, 0.3) is 0 Å². The van der Waals surface area contributed by atoms with E-state index in [1.807, 2.05) is 0 Å². The maximum Gasteiger partial charge on any atom is 0.247 e. The molecule has 0 N–H and O–H groups in total. The molecule has 2 rings (SSSR count). The van der Waals surface area contributed by atoms with Crippen LogP contribution in [0.3, 0.4) is 0 Å². The molecule has 1 amide bonds. The Bertz CT molecular complexity index is 543. The van der Waals surface area contributed by atoms with Gasteiger partial charge in [-0.1, -0.05) is 12.1 Å². The molecule has 0 aliphatic carbocycles. The van der Waals surface area contributed by atoms with Gasteiger partial charge in [0.1, 0.15) is 5.75 Å². The lowest BCUT2D eigenvalue weighted by Gasteiger charge is -2.29. The van der Waals surface area contributed by atoms with Crippen molar-refractivity contribution in [3.63, 3.8) is 0 Å². The number of hydrogen-bond acceptors (Lipinski definition) is 4. The van der Waals surface area contributed by atoms with E-state index in [0.717, 1.165) is 0 Å². The van der Waals surface area contributed by atoms with E-state index in [1.54, 1.807) is 18.2 Å². The SMILES string of the molecule is COc1ccccc1N([O-])C(=O)c1ccncc1. The molecule has 1 aromatic heterocycles. The van der Waals surface area contributed by atoms with Crippen molar-refractivity contribution in [2.24, 2.45) is 0 Å². The molecule has 0 saturated heterocycles. The minimum Gasteiger partial charge on any atom is -0.751 e. The molecule has 0 bridgehead atoms. The van der Waals surface area contributed by atoms with E-state index in [0.29, 0.717) is 10.8 Å². The van der Waals surface area contributed by atoms with E-state index in [2.05, 4.69) is 4.98 Å². The van der Waals surface area contributed by atoms with Gasteiger partial charge in [-0.2, -0.15) is 0 Å². The second-order valence-corrected chi connectivity index (χ2v) is 3.51. The van der Waals surface area contributed by atoms with Crippen LogP contribution >= 0.6 is 0 Å². The Labute approximate surface area is 104 Å². The van der Waals surface area contributed by atoms with Crippen LogP contribution in [0.5, 0.6) is 5.75 Å². The highest BCUT2D eigenvalue weighted by Crippen LogP contribution is 2.27. The van der Waals surface area contributed by atoms with Gasteiger partial charge in [0.2, 0.25) is 5.91 Å². The maximum absolute atomic E-state index is 12.0. The van der Waals surface area contributed by atoms with Crippen LogP contribution in [0.15, 0.2) is 48.8 Å². The number of carbonyl (C=O) groups is 1. The van der Waals surface area contributed by atoms with Crippen molar-refractivity contribution < 1.29 is 9.53 Å². The summed E-state index contributed by atoms with van der Waals surface area (Å²) in [5.41, 5.74) is 0.465. The molecule has 18 heavy (non-hydrogen) atoms. The van der Waals surface area contributed by atoms with Crippen LogP contribution in [0.4, 0.5) is 5.69 Å². The fourth-order valence-corrected chi connectivity index (χ4v) is 1.52. The molecule has 0 spiro atoms. The summed E-state index contributed by atoms with van der Waals surface area (Å²) in [6, 6.07) is 9.53. The predicted octanol–water partition coefficient (Wildman–Crippen LogP) is 2.23. The third kappa shape index (κ3) is 2.31. The molecule has 92 valence electrons. The van der Waals surface area contributed by atoms with Crippen LogP contribution in [-0.4, -0.2) is 18.0 Å². The molecule has 0 aliphatic heterocycles. The number of ether oxygens (including phenoxy) is 1. The summed E-state index contributed by atoms with van der Waals surface area (Å²) in [6.45, 7) is 0.